The van der Waals surface area contributed by atoms with Gasteiger partial charge < -0.3 is 21.7 Å². The fraction of sp³-hybridized carbons (Fsp3) is 0.267. The van der Waals surface area contributed by atoms with Gasteiger partial charge in [0, 0.05) is 12.6 Å². The average Bonchev–Trinajstić information content (AvgIpc) is 3.56. The third-order valence-electron chi connectivity index (χ3n) is 7.82. The molecule has 1 unspecified atom stereocenters. The first-order valence-corrected chi connectivity index (χ1v) is 13.3. The van der Waals surface area contributed by atoms with Crippen molar-refractivity contribution in [3.05, 3.63) is 114 Å². The Morgan fingerprint density at radius 1 is 0.875 bits per heavy atom. The fourth-order valence-electron chi connectivity index (χ4n) is 5.65. The minimum absolute atomic E-state index is 0.0251. The lowest BCUT2D eigenvalue weighted by atomic mass is 10.0. The van der Waals surface area contributed by atoms with E-state index in [4.69, 9.17) is 5.73 Å². The summed E-state index contributed by atoms with van der Waals surface area (Å²) in [5, 5.41) is 9.00. The summed E-state index contributed by atoms with van der Waals surface area (Å²) in [7, 11) is 0. The quantitative estimate of drug-likeness (QED) is 0.262. The number of carbonyl (C=O) groups is 2. The van der Waals surface area contributed by atoms with Gasteiger partial charge in [-0.3, -0.25) is 19.2 Å². The Hall–Kier alpha value is -4.86. The summed E-state index contributed by atoms with van der Waals surface area (Å²) >= 11 is 0. The lowest BCUT2D eigenvalue weighted by Crippen LogP contribution is -2.37. The Morgan fingerprint density at radius 2 is 1.62 bits per heavy atom. The molecule has 1 heterocycles. The monoisotopic (exact) mass is 536 g/mol. The van der Waals surface area contributed by atoms with Gasteiger partial charge in [0.05, 0.1) is 12.1 Å². The molecular weight excluding hydrogens is 508 g/mol. The predicted molar refractivity (Wildman–Crippen MR) is 150 cm³/mol. The van der Waals surface area contributed by atoms with Crippen molar-refractivity contribution in [2.24, 2.45) is 0 Å². The van der Waals surface area contributed by atoms with Crippen molar-refractivity contribution < 1.29 is 9.59 Å². The second kappa shape index (κ2) is 10.0. The lowest BCUT2D eigenvalue weighted by Gasteiger charge is -2.18. The van der Waals surface area contributed by atoms with Gasteiger partial charge in [0.1, 0.15) is 29.1 Å². The number of amides is 2. The van der Waals surface area contributed by atoms with Crippen LogP contribution in [-0.4, -0.2) is 21.8 Å². The molecular formula is C30H28N6O4. The van der Waals surface area contributed by atoms with E-state index in [9.17, 15) is 19.2 Å². The van der Waals surface area contributed by atoms with Gasteiger partial charge in [0.15, 0.2) is 0 Å². The van der Waals surface area contributed by atoms with Gasteiger partial charge in [-0.1, -0.05) is 42.0 Å². The van der Waals surface area contributed by atoms with Crippen LogP contribution < -0.4 is 32.5 Å². The van der Waals surface area contributed by atoms with Crippen LogP contribution in [0, 0.1) is 6.92 Å². The number of fused-ring (bicyclic) bond motifs is 2. The first kappa shape index (κ1) is 25.4. The molecule has 40 heavy (non-hydrogen) atoms. The number of hydrogen-bond acceptors (Lipinski definition) is 8. The summed E-state index contributed by atoms with van der Waals surface area (Å²) in [6.45, 7) is 2.29. The Labute approximate surface area is 229 Å². The SMILES string of the molecule is Cc1ccc2c(c1)CC[C@@H]2NC(=O)c1cc(C(=O)NCc2ccc3c(c2)C(Nc2c(N)c(=O)c2=O)CC3)ncn1. The molecule has 0 saturated heterocycles. The van der Waals surface area contributed by atoms with Gasteiger partial charge in [-0.2, -0.15) is 0 Å². The highest BCUT2D eigenvalue weighted by Gasteiger charge is 2.28. The third-order valence-corrected chi connectivity index (χ3v) is 7.82. The molecule has 10 heteroatoms. The van der Waals surface area contributed by atoms with Gasteiger partial charge in [-0.05, 0) is 60.4 Å². The first-order valence-electron chi connectivity index (χ1n) is 13.3. The molecule has 0 spiro atoms. The van der Waals surface area contributed by atoms with E-state index >= 15 is 0 Å². The van der Waals surface area contributed by atoms with Crippen molar-refractivity contribution in [1.82, 2.24) is 20.6 Å². The van der Waals surface area contributed by atoms with Gasteiger partial charge in [-0.15, -0.1) is 0 Å². The highest BCUT2D eigenvalue weighted by atomic mass is 16.2. The normalized spacial score (nSPS) is 17.3. The Morgan fingerprint density at radius 3 is 2.42 bits per heavy atom. The van der Waals surface area contributed by atoms with E-state index < -0.39 is 16.8 Å². The van der Waals surface area contributed by atoms with Crippen molar-refractivity contribution in [3.8, 4) is 0 Å². The van der Waals surface area contributed by atoms with Crippen LogP contribution in [0.2, 0.25) is 0 Å². The molecule has 3 aromatic carbocycles. The first-order chi connectivity index (χ1) is 19.3. The van der Waals surface area contributed by atoms with Crippen LogP contribution in [0.1, 0.15) is 79.3 Å². The molecule has 2 amide bonds. The number of aryl methyl sites for hydroxylation is 3. The van der Waals surface area contributed by atoms with E-state index in [1.165, 1.54) is 23.5 Å². The molecule has 0 fully saturated rings. The average molecular weight is 537 g/mol. The van der Waals surface area contributed by atoms with Gasteiger partial charge in [0.25, 0.3) is 22.7 Å². The second-order valence-electron chi connectivity index (χ2n) is 10.5. The molecule has 0 bridgehead atoms. The van der Waals surface area contributed by atoms with Crippen molar-refractivity contribution in [2.75, 3.05) is 11.1 Å². The largest absolute Gasteiger partial charge is 0.394 e. The molecule has 10 nitrogen and oxygen atoms in total. The molecule has 2 aliphatic rings. The highest BCUT2D eigenvalue weighted by molar-refractivity contribution is 5.97. The van der Waals surface area contributed by atoms with Crippen molar-refractivity contribution in [3.63, 3.8) is 0 Å². The minimum Gasteiger partial charge on any atom is -0.394 e. The number of rotatable bonds is 7. The Kier molecular flexibility index (Phi) is 6.37. The van der Waals surface area contributed by atoms with Gasteiger partial charge in [0.2, 0.25) is 0 Å². The van der Waals surface area contributed by atoms with Crippen LogP contribution in [0.15, 0.2) is 58.4 Å². The van der Waals surface area contributed by atoms with Crippen molar-refractivity contribution in [2.45, 2.75) is 51.2 Å². The highest BCUT2D eigenvalue weighted by Crippen LogP contribution is 2.35. The van der Waals surface area contributed by atoms with E-state index in [1.54, 1.807) is 0 Å². The summed E-state index contributed by atoms with van der Waals surface area (Å²) in [6, 6.07) is 13.3. The minimum atomic E-state index is -0.651. The molecule has 0 radical (unpaired) electrons. The number of anilines is 2. The molecule has 5 N–H and O–H groups in total. The molecule has 0 aliphatic heterocycles. The molecule has 4 aromatic rings. The fourth-order valence-corrected chi connectivity index (χ4v) is 5.65. The van der Waals surface area contributed by atoms with E-state index in [0.717, 1.165) is 47.9 Å². The predicted octanol–water partition coefficient (Wildman–Crippen LogP) is 2.41. The van der Waals surface area contributed by atoms with Crippen LogP contribution in [0.5, 0.6) is 0 Å². The zero-order chi connectivity index (χ0) is 28.0. The zero-order valence-corrected chi connectivity index (χ0v) is 21.9. The van der Waals surface area contributed by atoms with E-state index in [-0.39, 0.29) is 47.3 Å². The number of benzene rings is 2. The summed E-state index contributed by atoms with van der Waals surface area (Å²) in [4.78, 5) is 57.3. The number of carbonyl (C=O) groups excluding carboxylic acids is 2. The van der Waals surface area contributed by atoms with Crippen molar-refractivity contribution >= 4 is 23.2 Å². The third kappa shape index (κ3) is 4.61. The zero-order valence-electron chi connectivity index (χ0n) is 21.9. The molecule has 2 aliphatic carbocycles. The van der Waals surface area contributed by atoms with Gasteiger partial charge >= 0.3 is 0 Å². The number of nitrogens with one attached hydrogen (secondary N) is 3. The summed E-state index contributed by atoms with van der Waals surface area (Å²) in [5.41, 5.74) is 11.4. The van der Waals surface area contributed by atoms with Crippen LogP contribution in [-0.2, 0) is 19.4 Å². The maximum atomic E-state index is 12.9. The maximum Gasteiger partial charge on any atom is 0.270 e. The molecule has 2 atom stereocenters. The number of hydrogen-bond donors (Lipinski definition) is 4. The maximum absolute atomic E-state index is 12.9. The summed E-state index contributed by atoms with van der Waals surface area (Å²) in [6.07, 6.45) is 4.53. The lowest BCUT2D eigenvalue weighted by molar-refractivity contribution is 0.0931. The molecule has 0 saturated carbocycles. The van der Waals surface area contributed by atoms with Crippen molar-refractivity contribution in [1.29, 1.82) is 0 Å². The summed E-state index contributed by atoms with van der Waals surface area (Å²) < 4.78 is 0. The molecule has 1 aromatic heterocycles. The molecule has 6 rings (SSSR count). The summed E-state index contributed by atoms with van der Waals surface area (Å²) in [5.74, 6) is -0.778. The number of aromatic nitrogens is 2. The van der Waals surface area contributed by atoms with Crippen LogP contribution in [0.25, 0.3) is 0 Å². The van der Waals surface area contributed by atoms with E-state index in [1.807, 2.05) is 24.3 Å². The molecule has 202 valence electrons. The van der Waals surface area contributed by atoms with Gasteiger partial charge in [-0.25, -0.2) is 9.97 Å². The standard InChI is InChI=1S/C30H28N6O4/c1-15-2-7-19-18(10-15)6-9-21(19)36-30(40)24-12-23(33-14-34-24)29(39)32-13-16-3-4-17-5-8-22(20(17)11-16)35-26-25(31)27(37)28(26)38/h2-4,7,10-12,14,21-22,35H,5-6,8-9,13,31H2,1H3,(H,32,39)(H,36,40)/t21-,22?/m0/s1. The Bertz CT molecular complexity index is 1740. The number of nitrogens with two attached hydrogens (primary N) is 1. The topological polar surface area (TPSA) is 156 Å². The van der Waals surface area contributed by atoms with Crippen LogP contribution in [0.3, 0.4) is 0 Å². The smallest absolute Gasteiger partial charge is 0.270 e. The number of nitrogen functional groups attached to an aromatic ring is 1. The van der Waals surface area contributed by atoms with E-state index in [2.05, 4.69) is 45.0 Å². The Balaban J connectivity index is 1.09. The second-order valence-corrected chi connectivity index (χ2v) is 10.5. The van der Waals surface area contributed by atoms with E-state index in [0.29, 0.717) is 0 Å². The van der Waals surface area contributed by atoms with Crippen LogP contribution in [0.4, 0.5) is 11.4 Å². The number of nitrogens with zero attached hydrogens (tertiary/aromatic N) is 2. The van der Waals surface area contributed by atoms with Crippen LogP contribution >= 0.6 is 0 Å².